The first kappa shape index (κ1) is 26.6. The second-order valence-electron chi connectivity index (χ2n) is 10.9. The summed E-state index contributed by atoms with van der Waals surface area (Å²) in [7, 11) is 0. The number of amides is 4. The number of piperazine rings is 1. The van der Waals surface area contributed by atoms with Gasteiger partial charge in [-0.3, -0.25) is 14.5 Å². The molecule has 0 N–H and O–H groups in total. The van der Waals surface area contributed by atoms with Crippen molar-refractivity contribution in [3.8, 4) is 5.75 Å². The molecule has 6 rings (SSSR count). The molecule has 4 amide bonds. The zero-order valence-corrected chi connectivity index (χ0v) is 22.8. The van der Waals surface area contributed by atoms with Crippen LogP contribution in [0.15, 0.2) is 54.6 Å². The number of ether oxygens (including phenoxy) is 2. The molecule has 10 heteroatoms. The summed E-state index contributed by atoms with van der Waals surface area (Å²) in [6.07, 6.45) is 0.742. The van der Waals surface area contributed by atoms with Crippen molar-refractivity contribution >= 4 is 17.8 Å². The number of hydrogen-bond donors (Lipinski definition) is 0. The van der Waals surface area contributed by atoms with Gasteiger partial charge in [0.1, 0.15) is 11.9 Å². The Hall–Kier alpha value is -3.63. The van der Waals surface area contributed by atoms with E-state index in [1.165, 1.54) is 0 Å². The summed E-state index contributed by atoms with van der Waals surface area (Å²) in [5.74, 6) is 0.834. The van der Waals surface area contributed by atoms with Crippen LogP contribution in [0.1, 0.15) is 27.1 Å². The maximum absolute atomic E-state index is 13.0. The van der Waals surface area contributed by atoms with E-state index in [-0.39, 0.29) is 23.9 Å². The highest BCUT2D eigenvalue weighted by Gasteiger charge is 2.37. The topological polar surface area (TPSA) is 85.9 Å². The van der Waals surface area contributed by atoms with Gasteiger partial charge >= 0.3 is 6.03 Å². The average molecular weight is 548 g/mol. The SMILES string of the molecule is O=C(c1ccccc1)N1CCN(C2CN(C(=O)c3ccc(O[C@H]4CCN(C(=O)N5CCOCC5)C4)cc3)C2)CC1. The molecule has 1 atom stereocenters. The zero-order valence-electron chi connectivity index (χ0n) is 22.8. The molecule has 0 bridgehead atoms. The van der Waals surface area contributed by atoms with Crippen molar-refractivity contribution in [3.63, 3.8) is 0 Å². The summed E-state index contributed by atoms with van der Waals surface area (Å²) in [5.41, 5.74) is 1.39. The van der Waals surface area contributed by atoms with Crippen molar-refractivity contribution in [1.82, 2.24) is 24.5 Å². The number of nitrogens with zero attached hydrogens (tertiary/aromatic N) is 5. The number of morpholine rings is 1. The summed E-state index contributed by atoms with van der Waals surface area (Å²) >= 11 is 0. The number of rotatable bonds is 5. The molecule has 4 aliphatic rings. The Morgan fingerprint density at radius 3 is 2.00 bits per heavy atom. The van der Waals surface area contributed by atoms with Crippen LogP contribution < -0.4 is 4.74 Å². The van der Waals surface area contributed by atoms with Crippen molar-refractivity contribution < 1.29 is 23.9 Å². The maximum Gasteiger partial charge on any atom is 0.320 e. The lowest BCUT2D eigenvalue weighted by Gasteiger charge is -2.48. The monoisotopic (exact) mass is 547 g/mol. The first-order valence-corrected chi connectivity index (χ1v) is 14.3. The molecule has 4 aliphatic heterocycles. The molecule has 2 aromatic carbocycles. The predicted octanol–water partition coefficient (Wildman–Crippen LogP) is 1.87. The normalized spacial score (nSPS) is 22.2. The minimum absolute atomic E-state index is 0.0313. The van der Waals surface area contributed by atoms with Gasteiger partial charge in [0.2, 0.25) is 0 Å². The van der Waals surface area contributed by atoms with Crippen LogP contribution in [0.5, 0.6) is 5.75 Å². The molecule has 0 saturated carbocycles. The van der Waals surface area contributed by atoms with Gasteiger partial charge in [-0.2, -0.15) is 0 Å². The summed E-state index contributed by atoms with van der Waals surface area (Å²) in [4.78, 5) is 48.4. The Morgan fingerprint density at radius 2 is 1.30 bits per heavy atom. The van der Waals surface area contributed by atoms with E-state index >= 15 is 0 Å². The number of likely N-dealkylation sites (tertiary alicyclic amines) is 2. The van der Waals surface area contributed by atoms with Crippen LogP contribution in [0.4, 0.5) is 4.79 Å². The fourth-order valence-corrected chi connectivity index (χ4v) is 5.91. The molecule has 4 fully saturated rings. The van der Waals surface area contributed by atoms with Crippen LogP contribution >= 0.6 is 0 Å². The third kappa shape index (κ3) is 5.78. The fraction of sp³-hybridized carbons (Fsp3) is 0.500. The summed E-state index contributed by atoms with van der Waals surface area (Å²) < 4.78 is 11.5. The molecule has 10 nitrogen and oxygen atoms in total. The van der Waals surface area contributed by atoms with E-state index < -0.39 is 0 Å². The van der Waals surface area contributed by atoms with Crippen molar-refractivity contribution in [2.75, 3.05) is 78.7 Å². The molecule has 4 heterocycles. The van der Waals surface area contributed by atoms with Gasteiger partial charge in [0.25, 0.3) is 11.8 Å². The molecule has 0 spiro atoms. The van der Waals surface area contributed by atoms with Gasteiger partial charge in [0.05, 0.1) is 19.8 Å². The van der Waals surface area contributed by atoms with E-state index in [9.17, 15) is 14.4 Å². The molecule has 0 unspecified atom stereocenters. The third-order valence-corrected chi connectivity index (χ3v) is 8.39. The lowest BCUT2D eigenvalue weighted by molar-refractivity contribution is 0.00853. The van der Waals surface area contributed by atoms with E-state index in [4.69, 9.17) is 9.47 Å². The van der Waals surface area contributed by atoms with E-state index in [1.54, 1.807) is 0 Å². The van der Waals surface area contributed by atoms with Crippen LogP contribution in [0, 0.1) is 0 Å². The molecular formula is C30H37N5O5. The van der Waals surface area contributed by atoms with Crippen molar-refractivity contribution in [2.45, 2.75) is 18.6 Å². The first-order valence-electron chi connectivity index (χ1n) is 14.3. The Morgan fingerprint density at radius 1 is 0.650 bits per heavy atom. The number of benzene rings is 2. The second kappa shape index (κ2) is 11.9. The van der Waals surface area contributed by atoms with E-state index in [0.717, 1.165) is 25.1 Å². The van der Waals surface area contributed by atoms with Crippen LogP contribution in [0.3, 0.4) is 0 Å². The first-order chi connectivity index (χ1) is 19.5. The molecule has 212 valence electrons. The Bertz CT molecular complexity index is 1190. The molecule has 2 aromatic rings. The predicted molar refractivity (Wildman–Crippen MR) is 148 cm³/mol. The molecule has 0 aliphatic carbocycles. The summed E-state index contributed by atoms with van der Waals surface area (Å²) in [6.45, 7) is 8.21. The average Bonchev–Trinajstić information content (AvgIpc) is 3.45. The quantitative estimate of drug-likeness (QED) is 0.568. The number of carbonyl (C=O) groups excluding carboxylic acids is 3. The third-order valence-electron chi connectivity index (χ3n) is 8.39. The van der Waals surface area contributed by atoms with Crippen molar-refractivity contribution in [1.29, 1.82) is 0 Å². The van der Waals surface area contributed by atoms with Crippen LogP contribution in [0.2, 0.25) is 0 Å². The number of carbonyl (C=O) groups is 3. The summed E-state index contributed by atoms with van der Waals surface area (Å²) in [6, 6.07) is 17.2. The second-order valence-corrected chi connectivity index (χ2v) is 10.9. The van der Waals surface area contributed by atoms with E-state index in [2.05, 4.69) is 4.90 Å². The zero-order chi connectivity index (χ0) is 27.5. The number of hydrogen-bond acceptors (Lipinski definition) is 6. The highest BCUT2D eigenvalue weighted by Crippen LogP contribution is 2.23. The van der Waals surface area contributed by atoms with Gasteiger partial charge in [0, 0.05) is 82.5 Å². The smallest absolute Gasteiger partial charge is 0.320 e. The minimum Gasteiger partial charge on any atom is -0.489 e. The largest absolute Gasteiger partial charge is 0.489 e. The van der Waals surface area contributed by atoms with E-state index in [1.807, 2.05) is 74.2 Å². The van der Waals surface area contributed by atoms with Gasteiger partial charge in [-0.1, -0.05) is 18.2 Å². The fourth-order valence-electron chi connectivity index (χ4n) is 5.91. The lowest BCUT2D eigenvalue weighted by Crippen LogP contribution is -2.64. The van der Waals surface area contributed by atoms with Gasteiger partial charge < -0.3 is 29.1 Å². The van der Waals surface area contributed by atoms with Gasteiger partial charge in [0.15, 0.2) is 0 Å². The highest BCUT2D eigenvalue weighted by atomic mass is 16.5. The van der Waals surface area contributed by atoms with E-state index in [0.29, 0.717) is 82.9 Å². The number of urea groups is 1. The van der Waals surface area contributed by atoms with Crippen LogP contribution in [-0.4, -0.2) is 133 Å². The molecule has 0 aromatic heterocycles. The Kier molecular flexibility index (Phi) is 7.88. The van der Waals surface area contributed by atoms with Crippen LogP contribution in [-0.2, 0) is 4.74 Å². The minimum atomic E-state index is -0.0499. The van der Waals surface area contributed by atoms with Crippen molar-refractivity contribution in [2.24, 2.45) is 0 Å². The highest BCUT2D eigenvalue weighted by molar-refractivity contribution is 5.95. The van der Waals surface area contributed by atoms with Gasteiger partial charge in [-0.15, -0.1) is 0 Å². The standard InChI is InChI=1S/C30H37N5O5/c36-28(23-4-2-1-3-5-23)32-14-12-31(13-15-32)25-20-35(21-25)29(37)24-6-8-26(9-7-24)40-27-10-11-34(22-27)30(38)33-16-18-39-19-17-33/h1-9,25,27H,10-22H2/t27-/m0/s1. The molecule has 4 saturated heterocycles. The Balaban J connectivity index is 0.929. The summed E-state index contributed by atoms with van der Waals surface area (Å²) in [5, 5.41) is 0. The van der Waals surface area contributed by atoms with Gasteiger partial charge in [-0.25, -0.2) is 4.79 Å². The molecular weight excluding hydrogens is 510 g/mol. The Labute approximate surface area is 235 Å². The van der Waals surface area contributed by atoms with Crippen LogP contribution in [0.25, 0.3) is 0 Å². The maximum atomic E-state index is 13.0. The molecule has 40 heavy (non-hydrogen) atoms. The molecule has 0 radical (unpaired) electrons. The lowest BCUT2D eigenvalue weighted by atomic mass is 10.0. The van der Waals surface area contributed by atoms with Crippen molar-refractivity contribution in [3.05, 3.63) is 65.7 Å². The van der Waals surface area contributed by atoms with Gasteiger partial charge in [-0.05, 0) is 36.4 Å².